The van der Waals surface area contributed by atoms with E-state index in [9.17, 15) is 15.0 Å². The number of phenolic OH excluding ortho intramolecular Hbond substituents is 1. The number of fused-ring (bicyclic) bond motifs is 1. The molecule has 0 aliphatic rings. The second kappa shape index (κ2) is 8.19. The third kappa shape index (κ3) is 4.16. The summed E-state index contributed by atoms with van der Waals surface area (Å²) < 4.78 is 10.3. The van der Waals surface area contributed by atoms with Crippen LogP contribution < -0.4 is 0 Å². The molecule has 0 amide bonds. The molecule has 2 atom stereocenters. The first-order valence-electron chi connectivity index (χ1n) is 7.26. The van der Waals surface area contributed by atoms with E-state index >= 15 is 0 Å². The van der Waals surface area contributed by atoms with Gasteiger partial charge in [-0.05, 0) is 17.0 Å². The molecule has 0 bridgehead atoms. The van der Waals surface area contributed by atoms with Crippen molar-refractivity contribution in [3.05, 3.63) is 42.0 Å². The van der Waals surface area contributed by atoms with Gasteiger partial charge in [-0.15, -0.1) is 0 Å². The molecule has 0 spiro atoms. The summed E-state index contributed by atoms with van der Waals surface area (Å²) in [5.74, 6) is -0.232. The molecule has 23 heavy (non-hydrogen) atoms. The molecule has 0 aliphatic heterocycles. The van der Waals surface area contributed by atoms with Crippen LogP contribution in [0.2, 0.25) is 0 Å². The van der Waals surface area contributed by atoms with E-state index in [0.717, 1.165) is 5.39 Å². The van der Waals surface area contributed by atoms with Gasteiger partial charge in [-0.25, -0.2) is 0 Å². The zero-order valence-corrected chi connectivity index (χ0v) is 13.7. The Morgan fingerprint density at radius 2 is 1.91 bits per heavy atom. The molecule has 2 rings (SSSR count). The maximum Gasteiger partial charge on any atom is 0.315 e. The van der Waals surface area contributed by atoms with E-state index in [1.807, 2.05) is 18.2 Å². The van der Waals surface area contributed by atoms with Crippen LogP contribution in [-0.4, -0.2) is 41.8 Å². The van der Waals surface area contributed by atoms with Gasteiger partial charge in [0.2, 0.25) is 0 Å². The Hall–Kier alpha value is -1.76. The van der Waals surface area contributed by atoms with Crippen LogP contribution in [0, 0.1) is 0 Å². The number of hydrogen-bond acceptors (Lipinski definition) is 6. The topological polar surface area (TPSA) is 76.0 Å². The number of esters is 1. The molecule has 124 valence electrons. The van der Waals surface area contributed by atoms with E-state index in [-0.39, 0.29) is 18.1 Å². The predicted octanol–water partition coefficient (Wildman–Crippen LogP) is 2.46. The van der Waals surface area contributed by atoms with Gasteiger partial charge in [0.25, 0.3) is 0 Å². The molecule has 0 saturated heterocycles. The number of aromatic hydroxyl groups is 1. The smallest absolute Gasteiger partial charge is 0.315 e. The van der Waals surface area contributed by atoms with Gasteiger partial charge in [-0.2, -0.15) is 12.6 Å². The lowest BCUT2D eigenvalue weighted by Gasteiger charge is -2.23. The number of aliphatic hydroxyl groups excluding tert-OH is 1. The summed E-state index contributed by atoms with van der Waals surface area (Å²) in [6.07, 6.45) is -1.08. The van der Waals surface area contributed by atoms with Crippen LogP contribution in [0.15, 0.2) is 36.4 Å². The zero-order valence-electron chi connectivity index (χ0n) is 12.8. The second-order valence-electron chi connectivity index (χ2n) is 5.11. The third-order valence-corrected chi connectivity index (χ3v) is 3.96. The number of aliphatic hydroxyl groups is 1. The summed E-state index contributed by atoms with van der Waals surface area (Å²) in [5.41, 5.74) is 0.658. The molecule has 2 N–H and O–H groups in total. The average Bonchev–Trinajstić information content (AvgIpc) is 2.58. The maximum atomic E-state index is 11.1. The number of benzene rings is 2. The number of hydrogen-bond donors (Lipinski definition) is 3. The molecule has 0 aliphatic carbocycles. The highest BCUT2D eigenvalue weighted by atomic mass is 32.1. The van der Waals surface area contributed by atoms with Crippen molar-refractivity contribution in [2.24, 2.45) is 0 Å². The molecule has 2 aromatic carbocycles. The van der Waals surface area contributed by atoms with Gasteiger partial charge in [-0.1, -0.05) is 30.3 Å². The van der Waals surface area contributed by atoms with Crippen LogP contribution in [0.5, 0.6) is 5.75 Å². The minimum absolute atomic E-state index is 0.0167. The Morgan fingerprint density at radius 3 is 2.57 bits per heavy atom. The number of ether oxygens (including phenoxy) is 2. The number of thiol groups is 1. The van der Waals surface area contributed by atoms with Crippen molar-refractivity contribution in [1.29, 1.82) is 0 Å². The van der Waals surface area contributed by atoms with Crippen molar-refractivity contribution >= 4 is 29.4 Å². The average molecular weight is 336 g/mol. The first-order chi connectivity index (χ1) is 11.1. The van der Waals surface area contributed by atoms with Crippen LogP contribution in [0.1, 0.15) is 18.1 Å². The van der Waals surface area contributed by atoms with Gasteiger partial charge in [0.15, 0.2) is 0 Å². The Labute approximate surface area is 140 Å². The van der Waals surface area contributed by atoms with Crippen LogP contribution in [-0.2, 0) is 14.3 Å². The minimum atomic E-state index is -0.903. The Morgan fingerprint density at radius 1 is 1.22 bits per heavy atom. The standard InChI is InChI=1S/C17H20O5S/c1-21-15(8-9-22-16(19)10-23)17(20)13-6-7-14(18)12-5-3-2-4-11(12)13/h2-7,15,17-18,20,23H,8-10H2,1H3/t15-,17-/m1/s1. The number of rotatable bonds is 7. The van der Waals surface area contributed by atoms with Crippen LogP contribution >= 0.6 is 12.6 Å². The summed E-state index contributed by atoms with van der Waals surface area (Å²) in [4.78, 5) is 11.1. The van der Waals surface area contributed by atoms with Crippen molar-refractivity contribution in [2.75, 3.05) is 19.5 Å². The van der Waals surface area contributed by atoms with Gasteiger partial charge in [0, 0.05) is 18.9 Å². The normalized spacial score (nSPS) is 13.7. The lowest BCUT2D eigenvalue weighted by Crippen LogP contribution is -2.24. The highest BCUT2D eigenvalue weighted by Crippen LogP contribution is 2.33. The quantitative estimate of drug-likeness (QED) is 0.535. The van der Waals surface area contributed by atoms with Crippen LogP contribution in [0.4, 0.5) is 0 Å². The molecule has 5 nitrogen and oxygen atoms in total. The summed E-state index contributed by atoms with van der Waals surface area (Å²) in [7, 11) is 1.50. The van der Waals surface area contributed by atoms with Gasteiger partial charge >= 0.3 is 5.97 Å². The fourth-order valence-corrected chi connectivity index (χ4v) is 2.60. The first-order valence-corrected chi connectivity index (χ1v) is 7.89. The molecule has 0 radical (unpaired) electrons. The van der Waals surface area contributed by atoms with Crippen LogP contribution in [0.3, 0.4) is 0 Å². The highest BCUT2D eigenvalue weighted by molar-refractivity contribution is 7.81. The highest BCUT2D eigenvalue weighted by Gasteiger charge is 2.23. The Balaban J connectivity index is 2.19. The van der Waals surface area contributed by atoms with Gasteiger partial charge in [-0.3, -0.25) is 4.79 Å². The van der Waals surface area contributed by atoms with Crippen molar-refractivity contribution in [3.8, 4) is 5.75 Å². The van der Waals surface area contributed by atoms with Crippen molar-refractivity contribution < 1.29 is 24.5 Å². The minimum Gasteiger partial charge on any atom is -0.507 e. The fourth-order valence-electron chi connectivity index (χ4n) is 2.50. The summed E-state index contributed by atoms with van der Waals surface area (Å²) in [6, 6.07) is 10.5. The lowest BCUT2D eigenvalue weighted by atomic mass is 9.95. The predicted molar refractivity (Wildman–Crippen MR) is 90.8 cm³/mol. The molecule has 0 unspecified atom stereocenters. The van der Waals surface area contributed by atoms with E-state index in [1.54, 1.807) is 18.2 Å². The first kappa shape index (κ1) is 17.6. The van der Waals surface area contributed by atoms with Gasteiger partial charge in [0.1, 0.15) is 11.9 Å². The van der Waals surface area contributed by atoms with E-state index < -0.39 is 18.2 Å². The summed E-state index contributed by atoms with van der Waals surface area (Å²) >= 11 is 3.83. The molecule has 6 heteroatoms. The molecule has 0 fully saturated rings. The number of carbonyl (C=O) groups is 1. The van der Waals surface area contributed by atoms with Crippen molar-refractivity contribution in [3.63, 3.8) is 0 Å². The Kier molecular flexibility index (Phi) is 6.27. The third-order valence-electron chi connectivity index (χ3n) is 3.70. The van der Waals surface area contributed by atoms with Gasteiger partial charge in [0.05, 0.1) is 18.5 Å². The zero-order chi connectivity index (χ0) is 16.8. The second-order valence-corrected chi connectivity index (χ2v) is 5.42. The fraction of sp³-hybridized carbons (Fsp3) is 0.353. The monoisotopic (exact) mass is 336 g/mol. The van der Waals surface area contributed by atoms with Gasteiger partial charge < -0.3 is 19.7 Å². The van der Waals surface area contributed by atoms with Crippen LogP contribution in [0.25, 0.3) is 10.8 Å². The summed E-state index contributed by atoms with van der Waals surface area (Å²) in [5, 5.41) is 22.0. The van der Waals surface area contributed by atoms with Crippen molar-refractivity contribution in [2.45, 2.75) is 18.6 Å². The maximum absolute atomic E-state index is 11.1. The molecular weight excluding hydrogens is 316 g/mol. The molecule has 0 aromatic heterocycles. The SMILES string of the molecule is CO[C@H](CCOC(=O)CS)[C@H](O)c1ccc(O)c2ccccc12. The van der Waals surface area contributed by atoms with E-state index in [0.29, 0.717) is 17.4 Å². The number of methoxy groups -OCH3 is 1. The molecule has 2 aromatic rings. The molecule has 0 heterocycles. The number of phenols is 1. The molecular formula is C17H20O5S. The Bertz CT molecular complexity index is 673. The summed E-state index contributed by atoms with van der Waals surface area (Å²) in [6.45, 7) is 0.144. The van der Waals surface area contributed by atoms with E-state index in [2.05, 4.69) is 12.6 Å². The lowest BCUT2D eigenvalue weighted by molar-refractivity contribution is -0.141. The van der Waals surface area contributed by atoms with E-state index in [4.69, 9.17) is 9.47 Å². The largest absolute Gasteiger partial charge is 0.507 e. The number of carbonyl (C=O) groups excluding carboxylic acids is 1. The molecule has 0 saturated carbocycles. The van der Waals surface area contributed by atoms with E-state index in [1.165, 1.54) is 7.11 Å². The van der Waals surface area contributed by atoms with Crippen molar-refractivity contribution in [1.82, 2.24) is 0 Å².